The zero-order chi connectivity index (χ0) is 15.3. The summed E-state index contributed by atoms with van der Waals surface area (Å²) in [5.74, 6) is -0.304. The Hall–Kier alpha value is -0.200. The van der Waals surface area contributed by atoms with E-state index in [1.54, 1.807) is 0 Å². The lowest BCUT2D eigenvalue weighted by Gasteiger charge is -2.45. The van der Waals surface area contributed by atoms with Gasteiger partial charge in [0.05, 0.1) is 13.2 Å². The molecule has 2 atom stereocenters. The van der Waals surface area contributed by atoms with Gasteiger partial charge in [-0.3, -0.25) is 0 Å². The maximum absolute atomic E-state index is 5.95. The van der Waals surface area contributed by atoms with Gasteiger partial charge in [-0.25, -0.2) is 0 Å². The Balaban J connectivity index is 1.97. The lowest BCUT2D eigenvalue weighted by atomic mass is 9.84. The summed E-state index contributed by atoms with van der Waals surface area (Å²) in [5.41, 5.74) is 0. The smallest absolute Gasteiger partial charge is 0.170 e. The monoisotopic (exact) mass is 299 g/mol. The fourth-order valence-electron chi connectivity index (χ4n) is 3.44. The Morgan fingerprint density at radius 3 is 2.48 bits per heavy atom. The summed E-state index contributed by atoms with van der Waals surface area (Å²) >= 11 is 0. The second kappa shape index (κ2) is 7.88. The molecule has 1 N–H and O–H groups in total. The van der Waals surface area contributed by atoms with Gasteiger partial charge in [-0.2, -0.15) is 0 Å². The van der Waals surface area contributed by atoms with E-state index in [0.29, 0.717) is 12.1 Å². The molecule has 1 heterocycles. The van der Waals surface area contributed by atoms with Gasteiger partial charge in [-0.05, 0) is 40.5 Å². The highest BCUT2D eigenvalue weighted by atomic mass is 16.7. The van der Waals surface area contributed by atoms with Crippen LogP contribution < -0.4 is 5.32 Å². The van der Waals surface area contributed by atoms with Gasteiger partial charge >= 0.3 is 0 Å². The van der Waals surface area contributed by atoms with E-state index in [2.05, 4.69) is 43.2 Å². The third-order valence-electron chi connectivity index (χ3n) is 4.76. The van der Waals surface area contributed by atoms with Gasteiger partial charge in [-0.1, -0.05) is 6.92 Å². The Kier molecular flexibility index (Phi) is 6.44. The van der Waals surface area contributed by atoms with Crippen LogP contribution in [0.3, 0.4) is 0 Å². The van der Waals surface area contributed by atoms with E-state index >= 15 is 0 Å². The van der Waals surface area contributed by atoms with E-state index in [4.69, 9.17) is 9.47 Å². The number of ether oxygens (including phenoxy) is 2. The molecule has 21 heavy (non-hydrogen) atoms. The van der Waals surface area contributed by atoms with Crippen molar-refractivity contribution in [1.82, 2.24) is 15.1 Å². The zero-order valence-corrected chi connectivity index (χ0v) is 14.2. The van der Waals surface area contributed by atoms with Crippen LogP contribution in [0.4, 0.5) is 0 Å². The van der Waals surface area contributed by atoms with Gasteiger partial charge < -0.3 is 24.6 Å². The highest BCUT2D eigenvalue weighted by Crippen LogP contribution is 2.37. The van der Waals surface area contributed by atoms with Crippen molar-refractivity contribution in [2.45, 2.75) is 50.5 Å². The Bertz CT molecular complexity index is 306. The van der Waals surface area contributed by atoms with Crippen LogP contribution in [0.2, 0.25) is 0 Å². The first-order valence-electron chi connectivity index (χ1n) is 8.42. The fraction of sp³-hybridized carbons (Fsp3) is 1.00. The summed E-state index contributed by atoms with van der Waals surface area (Å²) in [4.78, 5) is 4.73. The Morgan fingerprint density at radius 1 is 1.14 bits per heavy atom. The van der Waals surface area contributed by atoms with Crippen molar-refractivity contribution in [2.24, 2.45) is 0 Å². The van der Waals surface area contributed by atoms with E-state index in [9.17, 15) is 0 Å². The van der Waals surface area contributed by atoms with Crippen molar-refractivity contribution in [2.75, 3.05) is 54.0 Å². The number of nitrogens with zero attached hydrogens (tertiary/aromatic N) is 2. The number of hydrogen-bond acceptors (Lipinski definition) is 5. The van der Waals surface area contributed by atoms with Crippen molar-refractivity contribution < 1.29 is 9.47 Å². The molecule has 0 aromatic heterocycles. The maximum atomic E-state index is 5.95. The molecule has 0 radical (unpaired) electrons. The van der Waals surface area contributed by atoms with E-state index < -0.39 is 0 Å². The molecule has 0 aromatic carbocycles. The minimum atomic E-state index is -0.304. The molecule has 1 aliphatic heterocycles. The topological polar surface area (TPSA) is 37.0 Å². The van der Waals surface area contributed by atoms with Crippen LogP contribution in [0.15, 0.2) is 0 Å². The SMILES string of the molecule is CCCNC1CCC2(CC1N(C)CCN(C)C)OCCO2. The summed E-state index contributed by atoms with van der Waals surface area (Å²) < 4.78 is 11.9. The molecule has 5 heteroatoms. The second-order valence-electron chi connectivity index (χ2n) is 6.76. The largest absolute Gasteiger partial charge is 0.347 e. The minimum Gasteiger partial charge on any atom is -0.347 e. The summed E-state index contributed by atoms with van der Waals surface area (Å²) in [6.07, 6.45) is 4.32. The third-order valence-corrected chi connectivity index (χ3v) is 4.76. The highest BCUT2D eigenvalue weighted by molar-refractivity contribution is 4.96. The average Bonchev–Trinajstić information content (AvgIpc) is 2.91. The van der Waals surface area contributed by atoms with E-state index in [0.717, 1.165) is 52.1 Å². The Morgan fingerprint density at radius 2 is 1.86 bits per heavy atom. The second-order valence-corrected chi connectivity index (χ2v) is 6.76. The first-order chi connectivity index (χ1) is 10.1. The summed E-state index contributed by atoms with van der Waals surface area (Å²) in [6.45, 7) is 6.99. The van der Waals surface area contributed by atoms with Crippen molar-refractivity contribution >= 4 is 0 Å². The van der Waals surface area contributed by atoms with Crippen LogP contribution in [0.1, 0.15) is 32.6 Å². The van der Waals surface area contributed by atoms with Crippen LogP contribution in [0, 0.1) is 0 Å². The molecule has 124 valence electrons. The molecule has 2 unspecified atom stereocenters. The Labute approximate surface area is 129 Å². The van der Waals surface area contributed by atoms with Gasteiger partial charge in [0.1, 0.15) is 0 Å². The van der Waals surface area contributed by atoms with Gasteiger partial charge in [0.25, 0.3) is 0 Å². The summed E-state index contributed by atoms with van der Waals surface area (Å²) in [7, 11) is 6.50. The van der Waals surface area contributed by atoms with Crippen LogP contribution in [0.25, 0.3) is 0 Å². The van der Waals surface area contributed by atoms with Crippen molar-refractivity contribution in [3.8, 4) is 0 Å². The first-order valence-corrected chi connectivity index (χ1v) is 8.42. The van der Waals surface area contributed by atoms with E-state index in [-0.39, 0.29) is 5.79 Å². The molecule has 1 aliphatic carbocycles. The summed E-state index contributed by atoms with van der Waals surface area (Å²) in [6, 6.07) is 1.04. The highest BCUT2D eigenvalue weighted by Gasteiger charge is 2.46. The van der Waals surface area contributed by atoms with Gasteiger partial charge in [0.2, 0.25) is 0 Å². The molecule has 2 fully saturated rings. The number of rotatable bonds is 7. The molecule has 2 aliphatic rings. The molecule has 5 nitrogen and oxygen atoms in total. The molecule has 2 rings (SSSR count). The molecule has 0 bridgehead atoms. The quantitative estimate of drug-likeness (QED) is 0.763. The van der Waals surface area contributed by atoms with Gasteiger partial charge in [0.15, 0.2) is 5.79 Å². The third kappa shape index (κ3) is 4.63. The van der Waals surface area contributed by atoms with Gasteiger partial charge in [0, 0.05) is 38.0 Å². The lowest BCUT2D eigenvalue weighted by molar-refractivity contribution is -0.192. The molecular weight excluding hydrogens is 266 g/mol. The minimum absolute atomic E-state index is 0.304. The molecule has 1 saturated carbocycles. The first kappa shape index (κ1) is 17.2. The zero-order valence-electron chi connectivity index (χ0n) is 14.2. The summed E-state index contributed by atoms with van der Waals surface area (Å²) in [5, 5.41) is 3.73. The van der Waals surface area contributed by atoms with Crippen molar-refractivity contribution in [3.05, 3.63) is 0 Å². The standard InChI is InChI=1S/C16H33N3O2/c1-5-8-17-14-6-7-16(20-11-12-21-16)13-15(14)19(4)10-9-18(2)3/h14-15,17H,5-13H2,1-4H3. The maximum Gasteiger partial charge on any atom is 0.170 e. The van der Waals surface area contributed by atoms with Crippen molar-refractivity contribution in [3.63, 3.8) is 0 Å². The predicted octanol–water partition coefficient (Wildman–Crippen LogP) is 1.14. The number of nitrogens with one attached hydrogen (secondary N) is 1. The normalized spacial score (nSPS) is 28.9. The van der Waals surface area contributed by atoms with Crippen LogP contribution in [-0.2, 0) is 9.47 Å². The molecule has 1 spiro atoms. The number of likely N-dealkylation sites (N-methyl/N-ethyl adjacent to an activating group) is 2. The van der Waals surface area contributed by atoms with Crippen molar-refractivity contribution in [1.29, 1.82) is 0 Å². The number of hydrogen-bond donors (Lipinski definition) is 1. The molecular formula is C16H33N3O2. The fourth-order valence-corrected chi connectivity index (χ4v) is 3.44. The van der Waals surface area contributed by atoms with Crippen LogP contribution >= 0.6 is 0 Å². The molecule has 0 aromatic rings. The predicted molar refractivity (Wildman–Crippen MR) is 85.5 cm³/mol. The molecule has 1 saturated heterocycles. The van der Waals surface area contributed by atoms with Crippen LogP contribution in [-0.4, -0.2) is 81.7 Å². The molecule has 0 amide bonds. The van der Waals surface area contributed by atoms with E-state index in [1.165, 1.54) is 6.42 Å². The average molecular weight is 299 g/mol. The van der Waals surface area contributed by atoms with Gasteiger partial charge in [-0.15, -0.1) is 0 Å². The van der Waals surface area contributed by atoms with Crippen LogP contribution in [0.5, 0.6) is 0 Å². The van der Waals surface area contributed by atoms with E-state index in [1.807, 2.05) is 0 Å². The lowest BCUT2D eigenvalue weighted by Crippen LogP contribution is -2.57.